The van der Waals surface area contributed by atoms with Crippen molar-refractivity contribution >= 4 is 17.5 Å². The van der Waals surface area contributed by atoms with Crippen molar-refractivity contribution in [1.29, 1.82) is 0 Å². The highest BCUT2D eigenvalue weighted by Crippen LogP contribution is 2.74. The molecule has 8 nitrogen and oxygen atoms in total. The fraction of sp³-hybridized carbons (Fsp3) is 0.781. The zero-order chi connectivity index (χ0) is 30.4. The highest BCUT2D eigenvalue weighted by Gasteiger charge is 2.74. The van der Waals surface area contributed by atoms with Crippen LogP contribution in [0.2, 0.25) is 0 Å². The number of ether oxygens (including phenoxy) is 1. The highest BCUT2D eigenvalue weighted by molar-refractivity contribution is 5.97. The largest absolute Gasteiger partial charge is 0.456 e. The minimum absolute atomic E-state index is 0.00125. The first-order valence-electron chi connectivity index (χ1n) is 14.5. The number of Topliss-reactive ketones (excluding diaryl/α,β-unsaturated/α-hetero) is 1. The Balaban J connectivity index is 1.74. The van der Waals surface area contributed by atoms with Crippen LogP contribution in [0.25, 0.3) is 0 Å². The average molecular weight is 561 g/mol. The third-order valence-corrected chi connectivity index (χ3v) is 11.8. The van der Waals surface area contributed by atoms with Crippen molar-refractivity contribution < 1.29 is 39.5 Å². The smallest absolute Gasteiger partial charge is 0.303 e. The third kappa shape index (κ3) is 4.19. The van der Waals surface area contributed by atoms with Crippen LogP contribution in [0.4, 0.5) is 0 Å². The number of aliphatic hydroxyl groups is 4. The maximum absolute atomic E-state index is 14.3. The zero-order valence-corrected chi connectivity index (χ0v) is 25.4. The maximum Gasteiger partial charge on any atom is 0.303 e. The minimum atomic E-state index is -1.98. The number of esters is 1. The molecule has 4 N–H and O–H groups in total. The van der Waals surface area contributed by atoms with E-state index in [4.69, 9.17) is 4.74 Å². The van der Waals surface area contributed by atoms with Crippen molar-refractivity contribution in [3.63, 3.8) is 0 Å². The maximum atomic E-state index is 14.3. The van der Waals surface area contributed by atoms with Gasteiger partial charge < -0.3 is 25.2 Å². The molecule has 4 rings (SSSR count). The first kappa shape index (κ1) is 31.1. The number of ketones is 2. The van der Waals surface area contributed by atoms with Crippen molar-refractivity contribution in [3.05, 3.63) is 23.8 Å². The lowest BCUT2D eigenvalue weighted by Gasteiger charge is -2.65. The first-order valence-corrected chi connectivity index (χ1v) is 14.5. The van der Waals surface area contributed by atoms with Gasteiger partial charge >= 0.3 is 5.97 Å². The van der Waals surface area contributed by atoms with E-state index >= 15 is 0 Å². The number of carbonyl (C=O) groups is 3. The lowest BCUT2D eigenvalue weighted by atomic mass is 9.38. The van der Waals surface area contributed by atoms with Gasteiger partial charge in [0.25, 0.3) is 0 Å². The van der Waals surface area contributed by atoms with Gasteiger partial charge in [-0.1, -0.05) is 46.3 Å². The Hall–Kier alpha value is -1.87. The molecule has 0 aromatic heterocycles. The molecule has 0 unspecified atom stereocenters. The second-order valence-corrected chi connectivity index (χ2v) is 15.0. The molecule has 0 aromatic carbocycles. The molecule has 0 aromatic rings. The number of aliphatic hydroxyl groups excluding tert-OH is 3. The van der Waals surface area contributed by atoms with Crippen LogP contribution in [0.1, 0.15) is 88.0 Å². The van der Waals surface area contributed by atoms with Crippen LogP contribution in [0.5, 0.6) is 0 Å². The Kier molecular flexibility index (Phi) is 7.24. The Morgan fingerprint density at radius 2 is 1.62 bits per heavy atom. The summed E-state index contributed by atoms with van der Waals surface area (Å²) in [5, 5.41) is 44.9. The molecular formula is C32H48O8. The Bertz CT molecular complexity index is 1160. The number of carbonyl (C=O) groups excluding carboxylic acids is 3. The lowest BCUT2D eigenvalue weighted by molar-refractivity contribution is -0.186. The minimum Gasteiger partial charge on any atom is -0.456 e. The summed E-state index contributed by atoms with van der Waals surface area (Å²) in [6, 6.07) is 0. The number of hydrogen-bond acceptors (Lipinski definition) is 8. The summed E-state index contributed by atoms with van der Waals surface area (Å²) < 4.78 is 5.23. The van der Waals surface area contributed by atoms with Crippen molar-refractivity contribution in [1.82, 2.24) is 0 Å². The average Bonchev–Trinajstić information content (AvgIpc) is 3.01. The van der Waals surface area contributed by atoms with Crippen LogP contribution in [0.15, 0.2) is 23.8 Å². The summed E-state index contributed by atoms with van der Waals surface area (Å²) in [6.07, 6.45) is 3.10. The van der Waals surface area contributed by atoms with Gasteiger partial charge in [-0.25, -0.2) is 0 Å². The van der Waals surface area contributed by atoms with E-state index in [1.54, 1.807) is 13.8 Å². The lowest BCUT2D eigenvalue weighted by Crippen LogP contribution is -2.65. The van der Waals surface area contributed by atoms with E-state index in [0.29, 0.717) is 12.8 Å². The molecule has 0 bridgehead atoms. The Labute approximate surface area is 237 Å². The topological polar surface area (TPSA) is 141 Å². The van der Waals surface area contributed by atoms with Gasteiger partial charge in [-0.15, -0.1) is 0 Å². The van der Waals surface area contributed by atoms with E-state index in [0.717, 1.165) is 5.57 Å². The van der Waals surface area contributed by atoms with E-state index in [2.05, 4.69) is 13.0 Å². The summed E-state index contributed by atoms with van der Waals surface area (Å²) in [5.74, 6) is -2.48. The fourth-order valence-electron chi connectivity index (χ4n) is 9.55. The quantitative estimate of drug-likeness (QED) is 0.228. The molecule has 40 heavy (non-hydrogen) atoms. The van der Waals surface area contributed by atoms with Crippen molar-refractivity contribution in [2.24, 2.45) is 39.4 Å². The van der Waals surface area contributed by atoms with Crippen LogP contribution in [0, 0.1) is 39.4 Å². The van der Waals surface area contributed by atoms with E-state index in [1.807, 2.05) is 27.7 Å². The zero-order valence-electron chi connectivity index (χ0n) is 25.4. The number of hydrogen-bond donors (Lipinski definition) is 4. The second-order valence-electron chi connectivity index (χ2n) is 15.0. The standard InChI is InChI=1S/C32H48O8/c1-17(33)40-27(2,3)13-12-23(36)32(9,39)25-21(35)15-29(6)22-11-10-18-19(14-20(34)26(38)28(18,4)5)31(22,8)24(37)16-30(25,29)7/h10,12-13,19-22,25-26,34-35,38-39H,11,14-16H2,1-9H3/b13-12-/t19-,20+,21-,22+,25+,26+,29+,30-,31+,32+/m1/s1. The number of rotatable bonds is 5. The molecule has 0 aliphatic heterocycles. The fourth-order valence-corrected chi connectivity index (χ4v) is 9.55. The third-order valence-electron chi connectivity index (χ3n) is 11.8. The SMILES string of the molecule is CC(=O)OC(C)(C)/C=C\C(=O)[C@](C)(O)[C@H]1[C@H](O)C[C@@]2(C)[C@@H]3CC=C4[C@@H](C[C@H](O)[C@H](O)C4(C)C)[C@]3(C)C(=O)C[C@]12C. The normalized spacial score (nSPS) is 44.2. The summed E-state index contributed by atoms with van der Waals surface area (Å²) >= 11 is 0. The molecule has 224 valence electrons. The predicted octanol–water partition coefficient (Wildman–Crippen LogP) is 3.29. The van der Waals surface area contributed by atoms with E-state index < -0.39 is 68.8 Å². The molecule has 0 amide bonds. The van der Waals surface area contributed by atoms with Crippen LogP contribution < -0.4 is 0 Å². The van der Waals surface area contributed by atoms with Crippen molar-refractivity contribution in [2.75, 3.05) is 0 Å². The van der Waals surface area contributed by atoms with Crippen LogP contribution in [-0.4, -0.2) is 67.5 Å². The second kappa shape index (κ2) is 9.32. The molecule has 10 atom stereocenters. The van der Waals surface area contributed by atoms with Crippen LogP contribution >= 0.6 is 0 Å². The molecule has 8 heteroatoms. The Morgan fingerprint density at radius 3 is 2.20 bits per heavy atom. The van der Waals surface area contributed by atoms with Crippen LogP contribution in [-0.2, 0) is 19.1 Å². The Morgan fingerprint density at radius 1 is 1.02 bits per heavy atom. The molecule has 4 aliphatic carbocycles. The molecule has 0 saturated heterocycles. The van der Waals surface area contributed by atoms with Gasteiger partial charge in [0, 0.05) is 30.1 Å². The van der Waals surface area contributed by atoms with Gasteiger partial charge in [0.15, 0.2) is 5.78 Å². The molecular weight excluding hydrogens is 512 g/mol. The molecule has 0 heterocycles. The van der Waals surface area contributed by atoms with Gasteiger partial charge in [0.2, 0.25) is 0 Å². The van der Waals surface area contributed by atoms with Gasteiger partial charge in [0.1, 0.15) is 17.0 Å². The van der Waals surface area contributed by atoms with Crippen molar-refractivity contribution in [3.8, 4) is 0 Å². The predicted molar refractivity (Wildman–Crippen MR) is 149 cm³/mol. The molecule has 4 aliphatic rings. The van der Waals surface area contributed by atoms with Gasteiger partial charge in [-0.2, -0.15) is 0 Å². The summed E-state index contributed by atoms with van der Waals surface area (Å²) in [7, 11) is 0. The monoisotopic (exact) mass is 560 g/mol. The number of allylic oxidation sites excluding steroid dienone is 1. The first-order chi connectivity index (χ1) is 18.1. The highest BCUT2D eigenvalue weighted by atomic mass is 16.6. The molecule has 0 radical (unpaired) electrons. The number of fused-ring (bicyclic) bond motifs is 5. The van der Waals surface area contributed by atoms with Crippen LogP contribution in [0.3, 0.4) is 0 Å². The molecule has 3 saturated carbocycles. The molecule has 0 spiro atoms. The van der Waals surface area contributed by atoms with Gasteiger partial charge in [0.05, 0.1) is 18.3 Å². The van der Waals surface area contributed by atoms with E-state index in [1.165, 1.54) is 26.0 Å². The summed E-state index contributed by atoms with van der Waals surface area (Å²) in [4.78, 5) is 39.2. The van der Waals surface area contributed by atoms with Gasteiger partial charge in [-0.3, -0.25) is 14.4 Å². The summed E-state index contributed by atoms with van der Waals surface area (Å²) in [5.41, 5.74) is -5.04. The molecule has 3 fully saturated rings. The van der Waals surface area contributed by atoms with Crippen molar-refractivity contribution in [2.45, 2.75) is 118 Å². The van der Waals surface area contributed by atoms with E-state index in [-0.39, 0.29) is 30.5 Å². The summed E-state index contributed by atoms with van der Waals surface area (Å²) in [6.45, 7) is 15.7. The van der Waals surface area contributed by atoms with E-state index in [9.17, 15) is 34.8 Å². The van der Waals surface area contributed by atoms with Gasteiger partial charge in [-0.05, 0) is 74.9 Å².